The number of hydrogen-bond acceptors (Lipinski definition) is 11. The molecule has 18 atom stereocenters. The first-order valence-corrected chi connectivity index (χ1v) is 24.8. The van der Waals surface area contributed by atoms with E-state index in [1.54, 1.807) is 6.92 Å². The van der Waals surface area contributed by atoms with Crippen molar-refractivity contribution in [2.24, 2.45) is 41.4 Å². The van der Waals surface area contributed by atoms with E-state index in [9.17, 15) is 24.9 Å². The summed E-state index contributed by atoms with van der Waals surface area (Å²) in [7, 11) is 0. The average molecular weight is 902 g/mol. The quantitative estimate of drug-likeness (QED) is 0.0800. The second-order valence-corrected chi connectivity index (χ2v) is 21.5. The number of nitrogens with one attached hydrogen (secondary N) is 1. The second kappa shape index (κ2) is 19.9. The number of ether oxygens (including phenoxy) is 5. The summed E-state index contributed by atoms with van der Waals surface area (Å²) in [5.74, 6) is -5.58. The van der Waals surface area contributed by atoms with Crippen LogP contribution in [0.2, 0.25) is 0 Å². The third-order valence-corrected chi connectivity index (χ3v) is 16.9. The van der Waals surface area contributed by atoms with Crippen molar-refractivity contribution in [3.05, 3.63) is 42.5 Å². The largest absolute Gasteiger partial charge is 0.481 e. The van der Waals surface area contributed by atoms with Gasteiger partial charge in [-0.05, 0) is 102 Å². The van der Waals surface area contributed by atoms with Crippen molar-refractivity contribution in [2.45, 2.75) is 204 Å². The van der Waals surface area contributed by atoms with E-state index in [1.165, 1.54) is 11.8 Å². The highest BCUT2D eigenvalue weighted by Gasteiger charge is 2.63. The lowest BCUT2D eigenvalue weighted by atomic mass is 9.72. The van der Waals surface area contributed by atoms with E-state index in [0.29, 0.717) is 55.7 Å². The number of carbonyl (C=O) groups excluding carboxylic acids is 1. The average Bonchev–Trinajstić information content (AvgIpc) is 3.59. The van der Waals surface area contributed by atoms with E-state index in [0.717, 1.165) is 17.7 Å². The molecule has 11 nitrogen and oxygen atoms in total. The zero-order valence-corrected chi connectivity index (χ0v) is 40.3. The van der Waals surface area contributed by atoms with Crippen LogP contribution in [0.5, 0.6) is 0 Å². The van der Waals surface area contributed by atoms with E-state index >= 15 is 0 Å². The van der Waals surface area contributed by atoms with E-state index in [2.05, 4.69) is 39.1 Å². The molecule has 0 aliphatic carbocycles. The number of aliphatic carboxylic acids is 1. The zero-order chi connectivity index (χ0) is 45.4. The van der Waals surface area contributed by atoms with Crippen molar-refractivity contribution in [1.82, 2.24) is 5.32 Å². The Hall–Kier alpha value is -1.94. The van der Waals surface area contributed by atoms with Crippen LogP contribution in [0.15, 0.2) is 47.4 Å². The first-order chi connectivity index (χ1) is 29.3. The van der Waals surface area contributed by atoms with Crippen molar-refractivity contribution in [2.75, 3.05) is 0 Å². The minimum atomic E-state index is -1.22. The summed E-state index contributed by atoms with van der Waals surface area (Å²) in [5, 5.41) is 36.6. The fourth-order valence-electron chi connectivity index (χ4n) is 11.4. The van der Waals surface area contributed by atoms with Gasteiger partial charge in [0.15, 0.2) is 11.6 Å². The molecule has 13 heteroatoms. The Morgan fingerprint density at radius 2 is 1.61 bits per heavy atom. The molecule has 5 aliphatic rings. The second-order valence-electron chi connectivity index (χ2n) is 19.8. The van der Waals surface area contributed by atoms with Gasteiger partial charge in [-0.2, -0.15) is 0 Å². The molecule has 0 saturated carbocycles. The number of carbonyl (C=O) groups is 2. The molecule has 2 spiro atoms. The number of aliphatic hydroxyl groups excluding tert-OH is 1. The van der Waals surface area contributed by atoms with Gasteiger partial charge in [0, 0.05) is 35.0 Å². The third kappa shape index (κ3) is 9.92. The molecule has 4 fully saturated rings. The predicted octanol–water partition coefficient (Wildman–Crippen LogP) is 8.86. The first-order valence-electron chi connectivity index (χ1n) is 23.5. The third-order valence-electron chi connectivity index (χ3n) is 15.7. The molecule has 62 heavy (non-hydrogen) atoms. The van der Waals surface area contributed by atoms with Crippen LogP contribution in [-0.2, 0) is 33.3 Å². The molecule has 348 valence electrons. The van der Waals surface area contributed by atoms with Gasteiger partial charge in [-0.15, -0.1) is 0 Å². The molecule has 0 unspecified atom stereocenters. The molecule has 0 radical (unpaired) electrons. The number of thiocarbonyl (C=S) groups is 1. The molecule has 4 saturated heterocycles. The highest BCUT2D eigenvalue weighted by molar-refractivity contribution is 8.23. The lowest BCUT2D eigenvalue weighted by Gasteiger charge is -2.55. The van der Waals surface area contributed by atoms with Crippen molar-refractivity contribution < 1.29 is 48.6 Å². The number of thioether (sulfide) groups is 1. The fourth-order valence-corrected chi connectivity index (χ4v) is 12.5. The van der Waals surface area contributed by atoms with Crippen LogP contribution < -0.4 is 5.32 Å². The Balaban J connectivity index is 1.24. The molecule has 4 N–H and O–H groups in total. The molecular weight excluding hydrogens is 827 g/mol. The Kier molecular flexibility index (Phi) is 15.9. The van der Waals surface area contributed by atoms with Crippen molar-refractivity contribution in [1.29, 1.82) is 0 Å². The lowest BCUT2D eigenvalue weighted by molar-refractivity contribution is -0.397. The summed E-state index contributed by atoms with van der Waals surface area (Å²) in [4.78, 5) is 27.8. The van der Waals surface area contributed by atoms with Gasteiger partial charge >= 0.3 is 5.97 Å². The number of carboxylic acid groups (broad SMARTS) is 1. The lowest BCUT2D eigenvalue weighted by Crippen LogP contribution is -2.65. The number of ketones is 1. The van der Waals surface area contributed by atoms with Gasteiger partial charge in [-0.3, -0.25) is 9.59 Å². The van der Waals surface area contributed by atoms with Gasteiger partial charge in [0.2, 0.25) is 0 Å². The van der Waals surface area contributed by atoms with Gasteiger partial charge in [-0.25, -0.2) is 0 Å². The predicted molar refractivity (Wildman–Crippen MR) is 244 cm³/mol. The van der Waals surface area contributed by atoms with Gasteiger partial charge < -0.3 is 44.3 Å². The molecule has 5 aliphatic heterocycles. The van der Waals surface area contributed by atoms with Crippen LogP contribution in [0.3, 0.4) is 0 Å². The van der Waals surface area contributed by atoms with E-state index < -0.39 is 76.8 Å². The molecule has 6 rings (SSSR count). The molecule has 0 aromatic heterocycles. The molecular formula is C49H75NO10S2. The van der Waals surface area contributed by atoms with E-state index in [4.69, 9.17) is 35.9 Å². The number of Topliss-reactive ketones (excluding diaryl/α,β-unsaturated/α-hetero) is 1. The Morgan fingerprint density at radius 3 is 2.24 bits per heavy atom. The summed E-state index contributed by atoms with van der Waals surface area (Å²) in [5.41, 5.74) is -1.62. The van der Waals surface area contributed by atoms with Gasteiger partial charge in [0.25, 0.3) is 0 Å². The van der Waals surface area contributed by atoms with Crippen molar-refractivity contribution >= 4 is 40.1 Å². The highest BCUT2D eigenvalue weighted by atomic mass is 32.2. The number of carboxylic acids is 1. The number of aliphatic hydroxyl groups is 2. The Bertz CT molecular complexity index is 1750. The topological polar surface area (TPSA) is 153 Å². The summed E-state index contributed by atoms with van der Waals surface area (Å²) < 4.78 is 35.5. The standard InChI is InChI=1S/C49H75NO10S2/c1-11-35(44(53)54)37-20-19-28(4)42(57-37)32(8)40(51)31(7)41(52)36(12-2)43-29(5)27-30(6)48(58-43)24-21-38(50-45(61)62-34-17-15-14-16-18-34)49(60-48)26-25-46(10,59-49)39-22-23-47(55,13-3)33(9)56-39/h14-18,21,24,28-33,35-40,42-43,51,55H,11-13,19-20,22-23,25-27H2,1-10H3,(H,50,61)(H,53,54)/t28-,29-,30+,31-,32-,33-,35+,36-,37+,38+,39+,40+,42+,43-,46-,47+,48-,49-/m0/s1. The Morgan fingerprint density at radius 1 is 0.919 bits per heavy atom. The summed E-state index contributed by atoms with van der Waals surface area (Å²) in [6, 6.07) is 9.52. The minimum absolute atomic E-state index is 0.0126. The SMILES string of the molecule is CC[C@@H](C(=O)[C@@H](C)[C@@H](O)[C@H](C)[C@@H]1O[C@@H]([C@@H](CC)C(=O)O)CC[C@@H]1C)[C@H]1O[C@]2(C=C[C@@H](NC(=S)Sc3ccccc3)[C@]3(CC[C@@](C)([C@H]4CC[C@](O)(CC)[C@H](C)O4)O3)O2)[C@H](C)C[C@@H]1C. The summed E-state index contributed by atoms with van der Waals surface area (Å²) in [6.07, 6.45) is 7.31. The van der Waals surface area contributed by atoms with Crippen molar-refractivity contribution in [3.8, 4) is 0 Å². The van der Waals surface area contributed by atoms with Crippen LogP contribution in [-0.4, -0.2) is 96.8 Å². The van der Waals surface area contributed by atoms with E-state index in [1.807, 2.05) is 71.0 Å². The molecule has 0 bridgehead atoms. The molecule has 0 amide bonds. The van der Waals surface area contributed by atoms with Crippen molar-refractivity contribution in [3.63, 3.8) is 0 Å². The monoisotopic (exact) mass is 901 g/mol. The molecule has 1 aromatic rings. The zero-order valence-electron chi connectivity index (χ0n) is 38.7. The van der Waals surface area contributed by atoms with E-state index in [-0.39, 0.29) is 41.8 Å². The maximum Gasteiger partial charge on any atom is 0.309 e. The Labute approximate surface area is 380 Å². The van der Waals surface area contributed by atoms with Gasteiger partial charge in [-0.1, -0.05) is 104 Å². The summed E-state index contributed by atoms with van der Waals surface area (Å²) in [6.45, 7) is 19.9. The van der Waals surface area contributed by atoms with Gasteiger partial charge in [0.1, 0.15) is 16.1 Å². The van der Waals surface area contributed by atoms with Crippen LogP contribution in [0, 0.1) is 41.4 Å². The molecule has 1 aromatic carbocycles. The maximum atomic E-state index is 14.7. The smallest absolute Gasteiger partial charge is 0.309 e. The highest BCUT2D eigenvalue weighted by Crippen LogP contribution is 2.54. The molecule has 5 heterocycles. The first kappa shape index (κ1) is 49.5. The van der Waals surface area contributed by atoms with Crippen LogP contribution >= 0.6 is 24.0 Å². The number of benzene rings is 1. The number of hydrogen-bond donors (Lipinski definition) is 4. The maximum absolute atomic E-state index is 14.7. The normalized spacial score (nSPS) is 41.0. The fraction of sp³-hybridized carbons (Fsp3) is 0.776. The number of rotatable bonds is 14. The van der Waals surface area contributed by atoms with Gasteiger partial charge in [0.05, 0.1) is 53.7 Å². The van der Waals surface area contributed by atoms with Crippen LogP contribution in [0.25, 0.3) is 0 Å². The summed E-state index contributed by atoms with van der Waals surface area (Å²) >= 11 is 7.40. The minimum Gasteiger partial charge on any atom is -0.481 e. The van der Waals surface area contributed by atoms with Crippen LogP contribution in [0.1, 0.15) is 133 Å². The van der Waals surface area contributed by atoms with Crippen LogP contribution in [0.4, 0.5) is 0 Å².